The molecule has 2 N–H and O–H groups in total. The van der Waals surface area contributed by atoms with Crippen molar-refractivity contribution in [2.75, 3.05) is 12.4 Å². The van der Waals surface area contributed by atoms with Gasteiger partial charge in [0.05, 0.1) is 13.3 Å². The zero-order chi connectivity index (χ0) is 22.4. The molecule has 1 amide bonds. The second-order valence-corrected chi connectivity index (χ2v) is 7.05. The lowest BCUT2D eigenvalue weighted by Gasteiger charge is -2.15. The first kappa shape index (κ1) is 21.9. The van der Waals surface area contributed by atoms with Crippen molar-refractivity contribution in [3.05, 3.63) is 70.6 Å². The molecule has 0 saturated carbocycles. The van der Waals surface area contributed by atoms with Crippen LogP contribution in [0, 0.1) is 0 Å². The Bertz CT molecular complexity index is 1130. The monoisotopic (exact) mass is 422 g/mol. The van der Waals surface area contributed by atoms with Crippen molar-refractivity contribution in [2.45, 2.75) is 26.3 Å². The lowest BCUT2D eigenvalue weighted by Crippen LogP contribution is -2.31. The molecule has 0 radical (unpaired) electrons. The maximum absolute atomic E-state index is 12.8. The molecule has 1 aromatic heterocycles. The average Bonchev–Trinajstić information content (AvgIpc) is 2.79. The number of amides is 1. The van der Waals surface area contributed by atoms with Crippen molar-refractivity contribution in [3.63, 3.8) is 0 Å². The first-order valence-electron chi connectivity index (χ1n) is 9.98. The van der Waals surface area contributed by atoms with E-state index in [4.69, 9.17) is 9.47 Å². The molecule has 2 aromatic carbocycles. The van der Waals surface area contributed by atoms with Crippen LogP contribution in [0.2, 0.25) is 0 Å². The number of carbonyl (C=O) groups is 1. The normalized spacial score (nSPS) is 11.5. The zero-order valence-corrected chi connectivity index (χ0v) is 18.0. The van der Waals surface area contributed by atoms with Gasteiger partial charge >= 0.3 is 0 Å². The van der Waals surface area contributed by atoms with Crippen LogP contribution in [0.1, 0.15) is 30.6 Å². The number of aromatic nitrogens is 2. The van der Waals surface area contributed by atoms with Gasteiger partial charge in [0.2, 0.25) is 0 Å². The van der Waals surface area contributed by atoms with Gasteiger partial charge in [-0.25, -0.2) is 4.68 Å². The van der Waals surface area contributed by atoms with Gasteiger partial charge in [-0.05, 0) is 43.7 Å². The van der Waals surface area contributed by atoms with Crippen LogP contribution < -0.4 is 25.7 Å². The van der Waals surface area contributed by atoms with Gasteiger partial charge in [0, 0.05) is 24.3 Å². The van der Waals surface area contributed by atoms with Crippen LogP contribution in [-0.4, -0.2) is 28.8 Å². The first-order valence-corrected chi connectivity index (χ1v) is 9.98. The summed E-state index contributed by atoms with van der Waals surface area (Å²) < 4.78 is 12.5. The van der Waals surface area contributed by atoms with Crippen molar-refractivity contribution in [2.24, 2.45) is 7.05 Å². The third kappa shape index (κ3) is 5.22. The Morgan fingerprint density at radius 3 is 2.58 bits per heavy atom. The number of methoxy groups -OCH3 is 1. The number of ether oxygens (including phenoxy) is 2. The Labute approximate surface area is 180 Å². The number of rotatable bonds is 8. The predicted molar refractivity (Wildman–Crippen MR) is 119 cm³/mol. The second kappa shape index (κ2) is 9.80. The third-order valence-electron chi connectivity index (χ3n) is 4.78. The molecule has 3 aromatic rings. The second-order valence-electron chi connectivity index (χ2n) is 7.05. The number of benzene rings is 2. The largest absolute Gasteiger partial charge is 0.493 e. The zero-order valence-electron chi connectivity index (χ0n) is 18.0. The summed E-state index contributed by atoms with van der Waals surface area (Å²) in [5.41, 5.74) is 0.887. The molecule has 0 aliphatic rings. The fourth-order valence-corrected chi connectivity index (χ4v) is 2.83. The number of anilines is 2. The summed E-state index contributed by atoms with van der Waals surface area (Å²) in [5, 5.41) is 10.1. The molecule has 0 aliphatic carbocycles. The highest BCUT2D eigenvalue weighted by Crippen LogP contribution is 2.34. The molecule has 3 rings (SSSR count). The van der Waals surface area contributed by atoms with Gasteiger partial charge in [-0.3, -0.25) is 9.59 Å². The summed E-state index contributed by atoms with van der Waals surface area (Å²) in [6.07, 6.45) is 2.29. The first-order chi connectivity index (χ1) is 14.9. The minimum Gasteiger partial charge on any atom is -0.493 e. The number of aryl methyl sites for hydroxylation is 1. The number of nitrogens with zero attached hydrogens (tertiary/aromatic N) is 2. The predicted octanol–water partition coefficient (Wildman–Crippen LogP) is 3.85. The molecule has 8 heteroatoms. The van der Waals surface area contributed by atoms with Gasteiger partial charge in [0.15, 0.2) is 22.9 Å². The fraction of sp³-hybridized carbons (Fsp3) is 0.261. The molecule has 31 heavy (non-hydrogen) atoms. The minimum atomic E-state index is -0.373. The molecular formula is C23H26N4O4. The Hall–Kier alpha value is -3.81. The van der Waals surface area contributed by atoms with E-state index in [-0.39, 0.29) is 28.9 Å². The van der Waals surface area contributed by atoms with Gasteiger partial charge < -0.3 is 20.1 Å². The highest BCUT2D eigenvalue weighted by molar-refractivity contribution is 5.95. The standard InChI is InChI=1S/C23H26N4O4/c1-5-15(2)25-22(28)16-9-8-10-17(13-16)26-21-20(14-24-27(3)23(21)29)31-19-12-7-6-11-18(19)30-4/h6-15,26H,5H2,1-4H3,(H,25,28)/t15-/m1/s1. The van der Waals surface area contributed by atoms with Crippen LogP contribution in [0.5, 0.6) is 17.2 Å². The number of nitrogens with one attached hydrogen (secondary N) is 2. The molecule has 0 spiro atoms. The van der Waals surface area contributed by atoms with Crippen LogP contribution >= 0.6 is 0 Å². The molecular weight excluding hydrogens is 396 g/mol. The van der Waals surface area contributed by atoms with Gasteiger partial charge in [-0.1, -0.05) is 25.1 Å². The quantitative estimate of drug-likeness (QED) is 0.573. The number of para-hydroxylation sites is 2. The summed E-state index contributed by atoms with van der Waals surface area (Å²) in [4.78, 5) is 25.3. The molecule has 162 valence electrons. The summed E-state index contributed by atoms with van der Waals surface area (Å²) in [6, 6.07) is 14.1. The molecule has 0 fully saturated rings. The van der Waals surface area contributed by atoms with Crippen LogP contribution in [0.3, 0.4) is 0 Å². The van der Waals surface area contributed by atoms with Crippen molar-refractivity contribution in [1.82, 2.24) is 15.1 Å². The van der Waals surface area contributed by atoms with Crippen LogP contribution in [0.25, 0.3) is 0 Å². The number of hydrogen-bond donors (Lipinski definition) is 2. The van der Waals surface area contributed by atoms with E-state index in [0.29, 0.717) is 22.7 Å². The summed E-state index contributed by atoms with van der Waals surface area (Å²) in [6.45, 7) is 3.95. The molecule has 0 saturated heterocycles. The molecule has 1 atom stereocenters. The Morgan fingerprint density at radius 1 is 1.13 bits per heavy atom. The highest BCUT2D eigenvalue weighted by atomic mass is 16.5. The molecule has 1 heterocycles. The summed E-state index contributed by atoms with van der Waals surface area (Å²) in [7, 11) is 3.09. The maximum atomic E-state index is 12.8. The number of carbonyl (C=O) groups excluding carboxylic acids is 1. The molecule has 8 nitrogen and oxygen atoms in total. The Morgan fingerprint density at radius 2 is 1.87 bits per heavy atom. The summed E-state index contributed by atoms with van der Waals surface area (Å²) in [5.74, 6) is 1.04. The van der Waals surface area contributed by atoms with E-state index >= 15 is 0 Å². The van der Waals surface area contributed by atoms with E-state index in [1.165, 1.54) is 10.9 Å². The lowest BCUT2D eigenvalue weighted by molar-refractivity contribution is 0.0939. The molecule has 0 unspecified atom stereocenters. The van der Waals surface area contributed by atoms with Gasteiger partial charge in [-0.2, -0.15) is 5.10 Å². The van der Waals surface area contributed by atoms with Crippen LogP contribution in [-0.2, 0) is 7.05 Å². The van der Waals surface area contributed by atoms with Crippen molar-refractivity contribution in [3.8, 4) is 17.2 Å². The number of hydrogen-bond acceptors (Lipinski definition) is 6. The van der Waals surface area contributed by atoms with E-state index in [1.54, 1.807) is 56.6 Å². The molecule has 0 aliphatic heterocycles. The third-order valence-corrected chi connectivity index (χ3v) is 4.78. The van der Waals surface area contributed by atoms with E-state index in [9.17, 15) is 9.59 Å². The minimum absolute atomic E-state index is 0.0671. The Balaban J connectivity index is 1.93. The van der Waals surface area contributed by atoms with Gasteiger partial charge in [-0.15, -0.1) is 0 Å². The molecule has 0 bridgehead atoms. The van der Waals surface area contributed by atoms with Crippen molar-refractivity contribution in [1.29, 1.82) is 0 Å². The summed E-state index contributed by atoms with van der Waals surface area (Å²) >= 11 is 0. The average molecular weight is 422 g/mol. The smallest absolute Gasteiger partial charge is 0.294 e. The van der Waals surface area contributed by atoms with Crippen molar-refractivity contribution >= 4 is 17.3 Å². The van der Waals surface area contributed by atoms with E-state index in [0.717, 1.165) is 6.42 Å². The van der Waals surface area contributed by atoms with Crippen LogP contribution in [0.15, 0.2) is 59.5 Å². The maximum Gasteiger partial charge on any atom is 0.294 e. The van der Waals surface area contributed by atoms with Gasteiger partial charge in [0.25, 0.3) is 11.5 Å². The highest BCUT2D eigenvalue weighted by Gasteiger charge is 2.16. The van der Waals surface area contributed by atoms with Crippen molar-refractivity contribution < 1.29 is 14.3 Å². The van der Waals surface area contributed by atoms with Crippen LogP contribution in [0.4, 0.5) is 11.4 Å². The van der Waals surface area contributed by atoms with Gasteiger partial charge in [0.1, 0.15) is 0 Å². The SMILES string of the molecule is CC[C@@H](C)NC(=O)c1cccc(Nc2c(Oc3ccccc3OC)cnn(C)c2=O)c1. The Kier molecular flexibility index (Phi) is 6.92. The lowest BCUT2D eigenvalue weighted by atomic mass is 10.1. The topological polar surface area (TPSA) is 94.5 Å². The fourth-order valence-electron chi connectivity index (χ4n) is 2.83. The van der Waals surface area contributed by atoms with E-state index < -0.39 is 0 Å². The van der Waals surface area contributed by atoms with E-state index in [2.05, 4.69) is 15.7 Å². The van der Waals surface area contributed by atoms with E-state index in [1.807, 2.05) is 19.9 Å².